The minimum absolute atomic E-state index is 0.769. The maximum absolute atomic E-state index is 5.57. The summed E-state index contributed by atoms with van der Waals surface area (Å²) in [5.41, 5.74) is 5.57. The molecule has 0 aromatic rings. The molecule has 2 heteroatoms. The lowest BCUT2D eigenvalue weighted by atomic mass is 10.1. The highest BCUT2D eigenvalue weighted by Crippen LogP contribution is 2.30. The molecule has 2 nitrogen and oxygen atoms in total. The van der Waals surface area contributed by atoms with Gasteiger partial charge in [0.15, 0.2) is 0 Å². The molecule has 1 rings (SSSR count). The summed E-state index contributed by atoms with van der Waals surface area (Å²) in [6.07, 6.45) is 5.38. The van der Waals surface area contributed by atoms with Crippen molar-refractivity contribution in [3.8, 4) is 0 Å². The lowest BCUT2D eigenvalue weighted by molar-refractivity contribution is 0.225. The standard InChI is InChI=1S/C12H26N2/c1-3-8-14(10-12-4-5-12)9-11(2)6-7-13/h11-12H,3-10,13H2,1-2H3. The Labute approximate surface area is 88.8 Å². The van der Waals surface area contributed by atoms with E-state index < -0.39 is 0 Å². The van der Waals surface area contributed by atoms with Gasteiger partial charge in [-0.05, 0) is 50.6 Å². The van der Waals surface area contributed by atoms with Crippen molar-refractivity contribution in [1.82, 2.24) is 4.90 Å². The third-order valence-corrected chi connectivity index (χ3v) is 2.98. The summed E-state index contributed by atoms with van der Waals surface area (Å²) >= 11 is 0. The number of nitrogens with zero attached hydrogens (tertiary/aromatic N) is 1. The van der Waals surface area contributed by atoms with E-state index in [1.165, 1.54) is 45.3 Å². The molecule has 2 N–H and O–H groups in total. The molecule has 1 saturated carbocycles. The molecule has 14 heavy (non-hydrogen) atoms. The van der Waals surface area contributed by atoms with E-state index in [4.69, 9.17) is 5.73 Å². The zero-order chi connectivity index (χ0) is 10.4. The second kappa shape index (κ2) is 6.41. The van der Waals surface area contributed by atoms with Crippen LogP contribution in [-0.2, 0) is 0 Å². The Morgan fingerprint density at radius 2 is 2.14 bits per heavy atom. The van der Waals surface area contributed by atoms with Gasteiger partial charge in [-0.1, -0.05) is 13.8 Å². The van der Waals surface area contributed by atoms with Gasteiger partial charge >= 0.3 is 0 Å². The van der Waals surface area contributed by atoms with Crippen LogP contribution in [0, 0.1) is 11.8 Å². The van der Waals surface area contributed by atoms with Crippen molar-refractivity contribution in [1.29, 1.82) is 0 Å². The van der Waals surface area contributed by atoms with Gasteiger partial charge in [0.1, 0.15) is 0 Å². The maximum atomic E-state index is 5.57. The molecular weight excluding hydrogens is 172 g/mol. The number of hydrogen-bond acceptors (Lipinski definition) is 2. The lowest BCUT2D eigenvalue weighted by Gasteiger charge is -2.25. The van der Waals surface area contributed by atoms with Crippen molar-refractivity contribution in [2.45, 2.75) is 39.5 Å². The monoisotopic (exact) mass is 198 g/mol. The second-order valence-electron chi connectivity index (χ2n) is 4.89. The second-order valence-corrected chi connectivity index (χ2v) is 4.89. The van der Waals surface area contributed by atoms with Gasteiger partial charge in [0.05, 0.1) is 0 Å². The number of rotatable bonds is 8. The lowest BCUT2D eigenvalue weighted by Crippen LogP contribution is -2.32. The molecular formula is C12H26N2. The first-order valence-electron chi connectivity index (χ1n) is 6.18. The van der Waals surface area contributed by atoms with E-state index in [2.05, 4.69) is 18.7 Å². The minimum Gasteiger partial charge on any atom is -0.330 e. The fourth-order valence-electron chi connectivity index (χ4n) is 2.06. The highest BCUT2D eigenvalue weighted by molar-refractivity contribution is 4.77. The molecule has 0 amide bonds. The van der Waals surface area contributed by atoms with Crippen LogP contribution in [-0.4, -0.2) is 31.1 Å². The quantitative estimate of drug-likeness (QED) is 0.647. The SMILES string of the molecule is CCCN(CC(C)CCN)CC1CC1. The molecule has 0 spiro atoms. The summed E-state index contributed by atoms with van der Waals surface area (Å²) in [5, 5.41) is 0. The normalized spacial score (nSPS) is 18.9. The maximum Gasteiger partial charge on any atom is 0.000977 e. The van der Waals surface area contributed by atoms with Crippen molar-refractivity contribution in [3.05, 3.63) is 0 Å². The number of hydrogen-bond donors (Lipinski definition) is 1. The van der Waals surface area contributed by atoms with Crippen molar-refractivity contribution < 1.29 is 0 Å². The van der Waals surface area contributed by atoms with Crippen LogP contribution in [0.4, 0.5) is 0 Å². The fourth-order valence-corrected chi connectivity index (χ4v) is 2.06. The van der Waals surface area contributed by atoms with Gasteiger partial charge < -0.3 is 10.6 Å². The van der Waals surface area contributed by atoms with Gasteiger partial charge in [0.2, 0.25) is 0 Å². The predicted octanol–water partition coefficient (Wildman–Crippen LogP) is 2.09. The summed E-state index contributed by atoms with van der Waals surface area (Å²) in [6, 6.07) is 0. The van der Waals surface area contributed by atoms with E-state index in [-0.39, 0.29) is 0 Å². The molecule has 0 aromatic heterocycles. The van der Waals surface area contributed by atoms with E-state index >= 15 is 0 Å². The van der Waals surface area contributed by atoms with Crippen LogP contribution >= 0.6 is 0 Å². The molecule has 84 valence electrons. The molecule has 1 aliphatic carbocycles. The molecule has 0 aromatic carbocycles. The van der Waals surface area contributed by atoms with Crippen LogP contribution in [0.1, 0.15) is 39.5 Å². The Hall–Kier alpha value is -0.0800. The van der Waals surface area contributed by atoms with Crippen molar-refractivity contribution >= 4 is 0 Å². The highest BCUT2D eigenvalue weighted by atomic mass is 15.1. The molecule has 0 radical (unpaired) electrons. The van der Waals surface area contributed by atoms with E-state index in [1.807, 2.05) is 0 Å². The summed E-state index contributed by atoms with van der Waals surface area (Å²) in [6.45, 7) is 9.29. The Morgan fingerprint density at radius 3 is 2.64 bits per heavy atom. The van der Waals surface area contributed by atoms with Gasteiger partial charge in [-0.25, -0.2) is 0 Å². The predicted molar refractivity (Wildman–Crippen MR) is 62.3 cm³/mol. The zero-order valence-corrected chi connectivity index (χ0v) is 9.84. The van der Waals surface area contributed by atoms with Gasteiger partial charge in [-0.3, -0.25) is 0 Å². The third kappa shape index (κ3) is 4.97. The summed E-state index contributed by atoms with van der Waals surface area (Å²) < 4.78 is 0. The van der Waals surface area contributed by atoms with Crippen LogP contribution in [0.15, 0.2) is 0 Å². The molecule has 0 saturated heterocycles. The van der Waals surface area contributed by atoms with Crippen molar-refractivity contribution in [2.75, 3.05) is 26.2 Å². The van der Waals surface area contributed by atoms with Crippen molar-refractivity contribution in [3.63, 3.8) is 0 Å². The molecule has 1 fully saturated rings. The molecule has 0 heterocycles. The zero-order valence-electron chi connectivity index (χ0n) is 9.84. The average Bonchev–Trinajstić information content (AvgIpc) is 2.89. The van der Waals surface area contributed by atoms with Gasteiger partial charge in [-0.2, -0.15) is 0 Å². The molecule has 1 aliphatic rings. The minimum atomic E-state index is 0.769. The third-order valence-electron chi connectivity index (χ3n) is 2.98. The Bertz CT molecular complexity index is 143. The summed E-state index contributed by atoms with van der Waals surface area (Å²) in [4.78, 5) is 2.64. The first kappa shape index (κ1) is 12.0. The molecule has 1 atom stereocenters. The van der Waals surface area contributed by atoms with Gasteiger partial charge in [0.25, 0.3) is 0 Å². The Morgan fingerprint density at radius 1 is 1.43 bits per heavy atom. The van der Waals surface area contributed by atoms with Crippen LogP contribution in [0.5, 0.6) is 0 Å². The Kier molecular flexibility index (Phi) is 5.49. The topological polar surface area (TPSA) is 29.3 Å². The molecule has 0 bridgehead atoms. The van der Waals surface area contributed by atoms with Crippen molar-refractivity contribution in [2.24, 2.45) is 17.6 Å². The first-order valence-corrected chi connectivity index (χ1v) is 6.18. The van der Waals surface area contributed by atoms with Crippen LogP contribution in [0.3, 0.4) is 0 Å². The largest absolute Gasteiger partial charge is 0.330 e. The van der Waals surface area contributed by atoms with Crippen LogP contribution in [0.2, 0.25) is 0 Å². The van der Waals surface area contributed by atoms with E-state index in [0.29, 0.717) is 0 Å². The first-order chi connectivity index (χ1) is 6.76. The molecule has 0 aliphatic heterocycles. The van der Waals surface area contributed by atoms with E-state index in [1.54, 1.807) is 0 Å². The summed E-state index contributed by atoms with van der Waals surface area (Å²) in [7, 11) is 0. The average molecular weight is 198 g/mol. The van der Waals surface area contributed by atoms with Crippen LogP contribution in [0.25, 0.3) is 0 Å². The van der Waals surface area contributed by atoms with Crippen LogP contribution < -0.4 is 5.73 Å². The Balaban J connectivity index is 2.18. The highest BCUT2D eigenvalue weighted by Gasteiger charge is 2.24. The van der Waals surface area contributed by atoms with Gasteiger partial charge in [0, 0.05) is 13.1 Å². The number of nitrogens with two attached hydrogens (primary N) is 1. The van der Waals surface area contributed by atoms with Gasteiger partial charge in [-0.15, -0.1) is 0 Å². The smallest absolute Gasteiger partial charge is 0.000977 e. The summed E-state index contributed by atoms with van der Waals surface area (Å²) in [5.74, 6) is 1.79. The fraction of sp³-hybridized carbons (Fsp3) is 1.00. The van der Waals surface area contributed by atoms with E-state index in [0.717, 1.165) is 18.4 Å². The van der Waals surface area contributed by atoms with E-state index in [9.17, 15) is 0 Å². The molecule has 1 unspecified atom stereocenters.